The van der Waals surface area contributed by atoms with Crippen LogP contribution in [0.15, 0.2) is 46.5 Å². The molecule has 4 aromatic rings. The fraction of sp³-hybridized carbons (Fsp3) is 0.222. The molecule has 1 aromatic carbocycles. The van der Waals surface area contributed by atoms with E-state index in [9.17, 15) is 4.79 Å². The highest BCUT2D eigenvalue weighted by molar-refractivity contribution is 7.99. The van der Waals surface area contributed by atoms with Gasteiger partial charge in [0.15, 0.2) is 10.8 Å². The summed E-state index contributed by atoms with van der Waals surface area (Å²) >= 11 is 1.33. The lowest BCUT2D eigenvalue weighted by Crippen LogP contribution is -2.16. The van der Waals surface area contributed by atoms with E-state index < -0.39 is 0 Å². The Balaban J connectivity index is 1.71. The maximum absolute atomic E-state index is 12.5. The summed E-state index contributed by atoms with van der Waals surface area (Å²) in [5.41, 5.74) is 6.87. The lowest BCUT2D eigenvalue weighted by molar-refractivity contribution is 0.850. The molecule has 11 heteroatoms. The number of hydrogen-bond donors (Lipinski definition) is 2. The number of nitrogen functional groups attached to an aromatic ring is 1. The van der Waals surface area contributed by atoms with Gasteiger partial charge in [-0.15, -0.1) is 0 Å². The number of fused-ring (bicyclic) bond motifs is 1. The number of hydrogen-bond acceptors (Lipinski definition) is 9. The van der Waals surface area contributed by atoms with E-state index in [1.54, 1.807) is 9.58 Å². The van der Waals surface area contributed by atoms with Gasteiger partial charge in [0.25, 0.3) is 5.56 Å². The topological polar surface area (TPSA) is 132 Å². The second-order valence-corrected chi connectivity index (χ2v) is 7.84. The van der Waals surface area contributed by atoms with E-state index in [2.05, 4.69) is 30.0 Å². The maximum Gasteiger partial charge on any atom is 0.262 e. The van der Waals surface area contributed by atoms with Crippen LogP contribution in [0.25, 0.3) is 16.7 Å². The van der Waals surface area contributed by atoms with E-state index in [1.807, 2.05) is 51.4 Å². The van der Waals surface area contributed by atoms with Gasteiger partial charge in [-0.3, -0.25) is 4.79 Å². The zero-order valence-corrected chi connectivity index (χ0v) is 16.9. The summed E-state index contributed by atoms with van der Waals surface area (Å²) in [4.78, 5) is 34.5. The largest absolute Gasteiger partial charge is 0.368 e. The highest BCUT2D eigenvalue weighted by atomic mass is 32.2. The van der Waals surface area contributed by atoms with Gasteiger partial charge < -0.3 is 15.6 Å². The number of para-hydroxylation sites is 1. The van der Waals surface area contributed by atoms with E-state index in [0.717, 1.165) is 5.69 Å². The molecule has 0 aliphatic heterocycles. The van der Waals surface area contributed by atoms with E-state index in [4.69, 9.17) is 5.73 Å². The van der Waals surface area contributed by atoms with Gasteiger partial charge in [0.1, 0.15) is 11.2 Å². The number of nitrogens with zero attached hydrogens (tertiary/aromatic N) is 7. The Morgan fingerprint density at radius 1 is 1.14 bits per heavy atom. The summed E-state index contributed by atoms with van der Waals surface area (Å²) in [6, 6.07) is 9.53. The standard InChI is InChI=1S/C18H19N9OS/c1-10(13-21-16(19)25-17(22-13)26(2)3)29-18-23-14-12(15(28)24-18)9-20-27(14)11-7-5-4-6-8-11/h4-10H,1-3H3,(H,23,24,28)(H2,19,21,22,25). The van der Waals surface area contributed by atoms with Crippen LogP contribution in [0, 0.1) is 0 Å². The molecule has 0 aliphatic carbocycles. The zero-order chi connectivity index (χ0) is 20.5. The summed E-state index contributed by atoms with van der Waals surface area (Å²) in [7, 11) is 3.65. The van der Waals surface area contributed by atoms with Gasteiger partial charge in [-0.25, -0.2) is 9.67 Å². The molecule has 10 nitrogen and oxygen atoms in total. The van der Waals surface area contributed by atoms with Crippen LogP contribution in [0.4, 0.5) is 11.9 Å². The number of anilines is 2. The number of nitrogens with one attached hydrogen (secondary N) is 1. The van der Waals surface area contributed by atoms with Gasteiger partial charge >= 0.3 is 0 Å². The third-order valence-electron chi connectivity index (χ3n) is 4.13. The number of rotatable bonds is 5. The first-order valence-electron chi connectivity index (χ1n) is 8.81. The van der Waals surface area contributed by atoms with E-state index in [0.29, 0.717) is 28.0 Å². The third kappa shape index (κ3) is 3.76. The molecule has 0 saturated heterocycles. The molecule has 0 fully saturated rings. The molecule has 0 radical (unpaired) electrons. The molecule has 0 bridgehead atoms. The first-order chi connectivity index (χ1) is 13.9. The second-order valence-electron chi connectivity index (χ2n) is 6.51. The first-order valence-corrected chi connectivity index (χ1v) is 9.69. The molecule has 0 amide bonds. The van der Waals surface area contributed by atoms with E-state index >= 15 is 0 Å². The van der Waals surface area contributed by atoms with Crippen LogP contribution in [-0.4, -0.2) is 48.8 Å². The average Bonchev–Trinajstić information content (AvgIpc) is 3.12. The van der Waals surface area contributed by atoms with Gasteiger partial charge in [0.05, 0.1) is 17.1 Å². The monoisotopic (exact) mass is 409 g/mol. The fourth-order valence-corrected chi connectivity index (χ4v) is 3.55. The summed E-state index contributed by atoms with van der Waals surface area (Å²) in [6.45, 7) is 1.91. The Morgan fingerprint density at radius 3 is 2.62 bits per heavy atom. The van der Waals surface area contributed by atoms with Crippen molar-refractivity contribution in [2.24, 2.45) is 0 Å². The Bertz CT molecular complexity index is 1220. The van der Waals surface area contributed by atoms with Crippen molar-refractivity contribution >= 4 is 34.7 Å². The van der Waals surface area contributed by atoms with Gasteiger partial charge in [-0.05, 0) is 19.1 Å². The fourth-order valence-electron chi connectivity index (χ4n) is 2.71. The van der Waals surface area contributed by atoms with Crippen molar-refractivity contribution < 1.29 is 0 Å². The van der Waals surface area contributed by atoms with Crippen molar-refractivity contribution in [3.8, 4) is 5.69 Å². The summed E-state index contributed by atoms with van der Waals surface area (Å²) in [5, 5.41) is 4.97. The normalized spacial score (nSPS) is 12.2. The van der Waals surface area contributed by atoms with Crippen molar-refractivity contribution in [3.63, 3.8) is 0 Å². The molecule has 1 unspecified atom stereocenters. The molecule has 3 N–H and O–H groups in total. The van der Waals surface area contributed by atoms with Crippen LogP contribution in [0.3, 0.4) is 0 Å². The predicted molar refractivity (Wildman–Crippen MR) is 112 cm³/mol. The van der Waals surface area contributed by atoms with Crippen molar-refractivity contribution in [2.75, 3.05) is 24.7 Å². The molecule has 0 saturated carbocycles. The molecule has 4 rings (SSSR count). The smallest absolute Gasteiger partial charge is 0.262 e. The molecular formula is C18H19N9OS. The van der Waals surface area contributed by atoms with E-state index in [1.165, 1.54) is 18.0 Å². The number of benzene rings is 1. The number of aromatic amines is 1. The lowest BCUT2D eigenvalue weighted by Gasteiger charge is -2.14. The molecule has 1 atom stereocenters. The van der Waals surface area contributed by atoms with Crippen LogP contribution in [0.2, 0.25) is 0 Å². The molecule has 29 heavy (non-hydrogen) atoms. The van der Waals surface area contributed by atoms with Crippen LogP contribution in [-0.2, 0) is 0 Å². The average molecular weight is 409 g/mol. The minimum atomic E-state index is -0.254. The van der Waals surface area contributed by atoms with Crippen molar-refractivity contribution in [1.82, 2.24) is 34.7 Å². The molecule has 148 valence electrons. The second kappa shape index (κ2) is 7.51. The molecule has 3 aromatic heterocycles. The van der Waals surface area contributed by atoms with Gasteiger partial charge in [-0.2, -0.15) is 20.1 Å². The van der Waals surface area contributed by atoms with Crippen LogP contribution < -0.4 is 16.2 Å². The zero-order valence-electron chi connectivity index (χ0n) is 16.1. The van der Waals surface area contributed by atoms with Gasteiger partial charge in [-0.1, -0.05) is 30.0 Å². The predicted octanol–water partition coefficient (Wildman–Crippen LogP) is 1.80. The summed E-state index contributed by atoms with van der Waals surface area (Å²) in [5.74, 6) is 1.12. The van der Waals surface area contributed by atoms with Crippen LogP contribution >= 0.6 is 11.8 Å². The highest BCUT2D eigenvalue weighted by Crippen LogP contribution is 2.31. The number of H-pyrrole nitrogens is 1. The first kappa shape index (κ1) is 18.9. The maximum atomic E-state index is 12.5. The SMILES string of the molecule is CC(Sc1nc2c(cnn2-c2ccccc2)c(=O)[nH]1)c1nc(N)nc(N(C)C)n1. The quantitative estimate of drug-likeness (QED) is 0.374. The Labute approximate surface area is 170 Å². The van der Waals surface area contributed by atoms with Crippen molar-refractivity contribution in [2.45, 2.75) is 17.3 Å². The van der Waals surface area contributed by atoms with Gasteiger partial charge in [0, 0.05) is 14.1 Å². The number of aromatic nitrogens is 7. The third-order valence-corrected chi connectivity index (χ3v) is 5.11. The number of thioether (sulfide) groups is 1. The van der Waals surface area contributed by atoms with Crippen LogP contribution in [0.1, 0.15) is 18.0 Å². The van der Waals surface area contributed by atoms with Gasteiger partial charge in [0.2, 0.25) is 11.9 Å². The lowest BCUT2D eigenvalue weighted by atomic mass is 10.3. The minimum absolute atomic E-state index is 0.144. The number of nitrogens with two attached hydrogens (primary N) is 1. The van der Waals surface area contributed by atoms with Crippen molar-refractivity contribution in [1.29, 1.82) is 0 Å². The molecule has 0 spiro atoms. The highest BCUT2D eigenvalue weighted by Gasteiger charge is 2.18. The molecular weight excluding hydrogens is 390 g/mol. The van der Waals surface area contributed by atoms with Crippen LogP contribution in [0.5, 0.6) is 0 Å². The van der Waals surface area contributed by atoms with E-state index in [-0.39, 0.29) is 16.8 Å². The molecule has 3 heterocycles. The Hall–Kier alpha value is -3.47. The Kier molecular flexibility index (Phi) is 4.89. The summed E-state index contributed by atoms with van der Waals surface area (Å²) in [6.07, 6.45) is 1.52. The van der Waals surface area contributed by atoms with Crippen molar-refractivity contribution in [3.05, 3.63) is 52.7 Å². The summed E-state index contributed by atoms with van der Waals surface area (Å²) < 4.78 is 1.64. The molecule has 0 aliphatic rings. The minimum Gasteiger partial charge on any atom is -0.368 e. The Morgan fingerprint density at radius 2 is 1.90 bits per heavy atom.